The number of ether oxygens (including phenoxy) is 2. The molecule has 36 heavy (non-hydrogen) atoms. The molecular weight excluding hydrogens is 464 g/mol. The van der Waals surface area contributed by atoms with Crippen LogP contribution in [0.25, 0.3) is 6.08 Å². The van der Waals surface area contributed by atoms with Crippen LogP contribution in [0.3, 0.4) is 0 Å². The zero-order valence-electron chi connectivity index (χ0n) is 19.5. The summed E-state index contributed by atoms with van der Waals surface area (Å²) in [6, 6.07) is 17.1. The summed E-state index contributed by atoms with van der Waals surface area (Å²) in [5.41, 5.74) is 2.53. The Kier molecular flexibility index (Phi) is 6.82. The Labute approximate surface area is 206 Å². The maximum absolute atomic E-state index is 13.1. The Balaban J connectivity index is 1.55. The number of carbonyl (C=O) groups is 4. The van der Waals surface area contributed by atoms with E-state index in [1.807, 2.05) is 6.92 Å². The zero-order valence-corrected chi connectivity index (χ0v) is 19.5. The molecule has 0 atom stereocenters. The molecule has 182 valence electrons. The lowest BCUT2D eigenvalue weighted by atomic mass is 10.1. The normalized spacial score (nSPS) is 14.6. The molecule has 0 radical (unpaired) electrons. The molecule has 0 aromatic heterocycles. The number of imide groups is 2. The van der Waals surface area contributed by atoms with E-state index in [2.05, 4.69) is 5.32 Å². The van der Waals surface area contributed by atoms with Gasteiger partial charge < -0.3 is 14.6 Å². The fourth-order valence-corrected chi connectivity index (χ4v) is 3.55. The lowest BCUT2D eigenvalue weighted by Crippen LogP contribution is -2.54. The van der Waals surface area contributed by atoms with Crippen LogP contribution >= 0.6 is 0 Å². The van der Waals surface area contributed by atoms with Crippen molar-refractivity contribution in [3.8, 4) is 11.5 Å². The predicted octanol–water partition coefficient (Wildman–Crippen LogP) is 3.95. The van der Waals surface area contributed by atoms with Crippen LogP contribution in [0.2, 0.25) is 0 Å². The molecule has 0 unspecified atom stereocenters. The summed E-state index contributed by atoms with van der Waals surface area (Å²) >= 11 is 0. The molecule has 1 heterocycles. The minimum absolute atomic E-state index is 0.172. The standard InChI is InChI=1S/C27H22N2O7/c1-16-3-10-20(11-4-16)29-25(31)21(24(30)28-27(29)34)13-18-7-12-22(23(14-18)35-2)36-15-17-5-8-19(9-6-17)26(32)33/h3-14H,15H2,1-2H3,(H,32,33)(H,28,30,34)/b21-13+. The number of aromatic carboxylic acids is 1. The number of nitrogens with one attached hydrogen (secondary N) is 1. The summed E-state index contributed by atoms with van der Waals surface area (Å²) in [7, 11) is 1.46. The van der Waals surface area contributed by atoms with Crippen LogP contribution in [0.15, 0.2) is 72.3 Å². The van der Waals surface area contributed by atoms with Gasteiger partial charge in [0, 0.05) is 0 Å². The third kappa shape index (κ3) is 5.10. The van der Waals surface area contributed by atoms with Crippen molar-refractivity contribution in [2.24, 2.45) is 0 Å². The van der Waals surface area contributed by atoms with Gasteiger partial charge in [-0.25, -0.2) is 14.5 Å². The maximum Gasteiger partial charge on any atom is 0.335 e. The van der Waals surface area contributed by atoms with E-state index < -0.39 is 23.8 Å². The molecule has 3 aromatic rings. The quantitative estimate of drug-likeness (QED) is 0.383. The SMILES string of the molecule is COc1cc(/C=C2\C(=O)NC(=O)N(c3ccc(C)cc3)C2=O)ccc1OCc1ccc(C(=O)O)cc1. The molecule has 0 saturated carbocycles. The van der Waals surface area contributed by atoms with E-state index in [1.54, 1.807) is 54.6 Å². The van der Waals surface area contributed by atoms with Gasteiger partial charge >= 0.3 is 12.0 Å². The third-order valence-corrected chi connectivity index (χ3v) is 5.49. The van der Waals surface area contributed by atoms with Crippen molar-refractivity contribution in [2.75, 3.05) is 12.0 Å². The summed E-state index contributed by atoms with van der Waals surface area (Å²) in [6.07, 6.45) is 1.38. The molecule has 3 aromatic carbocycles. The van der Waals surface area contributed by atoms with Gasteiger partial charge in [-0.1, -0.05) is 35.9 Å². The van der Waals surface area contributed by atoms with Crippen molar-refractivity contribution >= 4 is 35.6 Å². The number of amides is 4. The van der Waals surface area contributed by atoms with E-state index in [-0.39, 0.29) is 17.7 Å². The van der Waals surface area contributed by atoms with E-state index in [1.165, 1.54) is 25.3 Å². The highest BCUT2D eigenvalue weighted by atomic mass is 16.5. The Morgan fingerprint density at radius 3 is 2.31 bits per heavy atom. The number of carbonyl (C=O) groups excluding carboxylic acids is 3. The Bertz CT molecular complexity index is 1380. The number of hydrogen-bond donors (Lipinski definition) is 2. The number of anilines is 1. The maximum atomic E-state index is 13.1. The third-order valence-electron chi connectivity index (χ3n) is 5.49. The van der Waals surface area contributed by atoms with Crippen LogP contribution in [0, 0.1) is 6.92 Å². The van der Waals surface area contributed by atoms with Crippen LogP contribution in [-0.2, 0) is 16.2 Å². The molecule has 1 saturated heterocycles. The first-order chi connectivity index (χ1) is 17.3. The minimum atomic E-state index is -1.01. The van der Waals surface area contributed by atoms with E-state index >= 15 is 0 Å². The van der Waals surface area contributed by atoms with Crippen molar-refractivity contribution in [3.05, 3.63) is 94.6 Å². The van der Waals surface area contributed by atoms with Crippen molar-refractivity contribution < 1.29 is 33.8 Å². The molecular formula is C27H22N2O7. The van der Waals surface area contributed by atoms with Gasteiger partial charge in [-0.05, 0) is 60.5 Å². The number of methoxy groups -OCH3 is 1. The van der Waals surface area contributed by atoms with Crippen LogP contribution in [-0.4, -0.2) is 36.0 Å². The molecule has 9 nitrogen and oxygen atoms in total. The summed E-state index contributed by atoms with van der Waals surface area (Å²) in [4.78, 5) is 49.8. The van der Waals surface area contributed by atoms with Crippen LogP contribution in [0.1, 0.15) is 27.0 Å². The second-order valence-electron chi connectivity index (χ2n) is 7.99. The molecule has 2 N–H and O–H groups in total. The predicted molar refractivity (Wildman–Crippen MR) is 131 cm³/mol. The number of benzene rings is 3. The molecule has 0 bridgehead atoms. The number of carboxylic acids is 1. The fraction of sp³-hybridized carbons (Fsp3) is 0.111. The van der Waals surface area contributed by atoms with E-state index in [0.717, 1.165) is 16.0 Å². The number of barbiturate groups is 1. The lowest BCUT2D eigenvalue weighted by molar-refractivity contribution is -0.122. The Morgan fingerprint density at radius 2 is 1.67 bits per heavy atom. The smallest absolute Gasteiger partial charge is 0.335 e. The monoisotopic (exact) mass is 486 g/mol. The molecule has 1 fully saturated rings. The van der Waals surface area contributed by atoms with Gasteiger partial charge in [-0.15, -0.1) is 0 Å². The second-order valence-corrected chi connectivity index (χ2v) is 7.99. The van der Waals surface area contributed by atoms with Gasteiger partial charge in [0.2, 0.25) is 0 Å². The highest BCUT2D eigenvalue weighted by Crippen LogP contribution is 2.30. The highest BCUT2D eigenvalue weighted by Gasteiger charge is 2.36. The Hall–Kier alpha value is -4.92. The summed E-state index contributed by atoms with van der Waals surface area (Å²) in [5, 5.41) is 11.2. The van der Waals surface area contributed by atoms with Gasteiger partial charge in [0.25, 0.3) is 11.8 Å². The first-order valence-electron chi connectivity index (χ1n) is 10.9. The first kappa shape index (κ1) is 24.2. The number of urea groups is 1. The van der Waals surface area contributed by atoms with Gasteiger partial charge in [0.1, 0.15) is 12.2 Å². The number of nitrogens with zero attached hydrogens (tertiary/aromatic N) is 1. The molecule has 1 aliphatic heterocycles. The van der Waals surface area contributed by atoms with Crippen LogP contribution in [0.4, 0.5) is 10.5 Å². The van der Waals surface area contributed by atoms with Crippen molar-refractivity contribution in [3.63, 3.8) is 0 Å². The molecule has 0 spiro atoms. The van der Waals surface area contributed by atoms with Crippen LogP contribution in [0.5, 0.6) is 11.5 Å². The number of aryl methyl sites for hydroxylation is 1. The number of hydrogen-bond acceptors (Lipinski definition) is 6. The van der Waals surface area contributed by atoms with E-state index in [4.69, 9.17) is 14.6 Å². The summed E-state index contributed by atoms with van der Waals surface area (Å²) in [6.45, 7) is 2.05. The minimum Gasteiger partial charge on any atom is -0.493 e. The fourth-order valence-electron chi connectivity index (χ4n) is 3.55. The average Bonchev–Trinajstić information content (AvgIpc) is 2.86. The molecule has 4 amide bonds. The zero-order chi connectivity index (χ0) is 25.8. The van der Waals surface area contributed by atoms with E-state index in [9.17, 15) is 19.2 Å². The molecule has 0 aliphatic carbocycles. The largest absolute Gasteiger partial charge is 0.493 e. The highest BCUT2D eigenvalue weighted by molar-refractivity contribution is 6.39. The van der Waals surface area contributed by atoms with E-state index in [0.29, 0.717) is 22.7 Å². The topological polar surface area (TPSA) is 122 Å². The average molecular weight is 486 g/mol. The lowest BCUT2D eigenvalue weighted by Gasteiger charge is -2.26. The molecule has 1 aliphatic rings. The summed E-state index contributed by atoms with van der Waals surface area (Å²) in [5.74, 6) is -1.76. The van der Waals surface area contributed by atoms with Gasteiger partial charge in [-0.2, -0.15) is 0 Å². The van der Waals surface area contributed by atoms with Crippen LogP contribution < -0.4 is 19.7 Å². The Morgan fingerprint density at radius 1 is 0.972 bits per heavy atom. The van der Waals surface area contributed by atoms with Crippen molar-refractivity contribution in [1.82, 2.24) is 5.32 Å². The molecule has 9 heteroatoms. The van der Waals surface area contributed by atoms with Gasteiger partial charge in [0.15, 0.2) is 11.5 Å². The second kappa shape index (κ2) is 10.1. The van der Waals surface area contributed by atoms with Gasteiger partial charge in [0.05, 0.1) is 18.4 Å². The van der Waals surface area contributed by atoms with Crippen molar-refractivity contribution in [2.45, 2.75) is 13.5 Å². The first-order valence-corrected chi connectivity index (χ1v) is 10.9. The molecule has 4 rings (SSSR count). The van der Waals surface area contributed by atoms with Crippen molar-refractivity contribution in [1.29, 1.82) is 0 Å². The number of carboxylic acid groups (broad SMARTS) is 1. The summed E-state index contributed by atoms with van der Waals surface area (Å²) < 4.78 is 11.2. The van der Waals surface area contributed by atoms with Gasteiger partial charge in [-0.3, -0.25) is 14.9 Å². The number of rotatable bonds is 7.